The summed E-state index contributed by atoms with van der Waals surface area (Å²) in [5.41, 5.74) is 0. The second-order valence-corrected chi connectivity index (χ2v) is 8.72. The zero-order valence-corrected chi connectivity index (χ0v) is 14.2. The van der Waals surface area contributed by atoms with E-state index < -0.39 is 9.84 Å². The molecule has 0 radical (unpaired) electrons. The number of anilines is 1. The molecule has 0 bridgehead atoms. The van der Waals surface area contributed by atoms with Gasteiger partial charge < -0.3 is 10.2 Å². The highest BCUT2D eigenvalue weighted by Gasteiger charge is 2.32. The molecular weight excluding hydrogens is 340 g/mol. The number of hydrogen-bond donors (Lipinski definition) is 1. The fourth-order valence-electron chi connectivity index (χ4n) is 3.10. The van der Waals surface area contributed by atoms with Crippen molar-refractivity contribution in [3.63, 3.8) is 0 Å². The van der Waals surface area contributed by atoms with Crippen LogP contribution in [0.3, 0.4) is 0 Å². The first-order chi connectivity index (χ1) is 10.9. The van der Waals surface area contributed by atoms with Crippen LogP contribution in [-0.2, 0) is 14.6 Å². The maximum absolute atomic E-state index is 12.4. The number of amides is 1. The molecule has 126 valence electrons. The van der Waals surface area contributed by atoms with Crippen LogP contribution in [0.5, 0.6) is 0 Å². The van der Waals surface area contributed by atoms with Crippen molar-refractivity contribution in [3.05, 3.63) is 17.3 Å². The van der Waals surface area contributed by atoms with E-state index in [0.29, 0.717) is 23.9 Å². The Hall–Kier alpha value is -1.41. The molecule has 1 N–H and O–H groups in total. The van der Waals surface area contributed by atoms with Gasteiger partial charge in [0.1, 0.15) is 0 Å². The molecule has 0 unspecified atom stereocenters. The first-order valence-electron chi connectivity index (χ1n) is 7.68. The van der Waals surface area contributed by atoms with Crippen molar-refractivity contribution < 1.29 is 13.2 Å². The number of nitrogens with one attached hydrogen (secondary N) is 1. The van der Waals surface area contributed by atoms with Crippen molar-refractivity contribution in [1.82, 2.24) is 15.5 Å². The van der Waals surface area contributed by atoms with Gasteiger partial charge in [0.25, 0.3) is 0 Å². The molecule has 1 amide bonds. The Morgan fingerprint density at radius 3 is 2.78 bits per heavy atom. The van der Waals surface area contributed by atoms with E-state index in [0.717, 1.165) is 19.4 Å². The van der Waals surface area contributed by atoms with E-state index in [1.165, 1.54) is 0 Å². The number of aromatic nitrogens is 2. The van der Waals surface area contributed by atoms with Gasteiger partial charge in [0, 0.05) is 19.1 Å². The highest BCUT2D eigenvalue weighted by atomic mass is 35.5. The Kier molecular flexibility index (Phi) is 4.72. The molecule has 2 saturated heterocycles. The van der Waals surface area contributed by atoms with Crippen LogP contribution in [0.4, 0.5) is 5.82 Å². The Balaban J connectivity index is 1.59. The largest absolute Gasteiger partial charge is 0.354 e. The maximum atomic E-state index is 12.4. The number of carbonyl (C=O) groups is 1. The molecule has 0 aromatic carbocycles. The van der Waals surface area contributed by atoms with Gasteiger partial charge in [-0.1, -0.05) is 11.6 Å². The van der Waals surface area contributed by atoms with E-state index in [1.807, 2.05) is 4.90 Å². The van der Waals surface area contributed by atoms with Gasteiger partial charge in [0.2, 0.25) is 5.91 Å². The lowest BCUT2D eigenvalue weighted by molar-refractivity contribution is -0.125. The summed E-state index contributed by atoms with van der Waals surface area (Å²) >= 11 is 5.74. The summed E-state index contributed by atoms with van der Waals surface area (Å²) in [6.07, 6.45) is 2.18. The number of rotatable bonds is 3. The normalized spacial score (nSPS) is 26.9. The van der Waals surface area contributed by atoms with Crippen molar-refractivity contribution in [2.75, 3.05) is 29.5 Å². The first-order valence-corrected chi connectivity index (χ1v) is 9.88. The Morgan fingerprint density at radius 2 is 2.13 bits per heavy atom. The van der Waals surface area contributed by atoms with Gasteiger partial charge in [-0.05, 0) is 31.4 Å². The summed E-state index contributed by atoms with van der Waals surface area (Å²) < 4.78 is 23.0. The third-order valence-corrected chi connectivity index (χ3v) is 6.28. The lowest BCUT2D eigenvalue weighted by atomic mass is 9.96. The highest BCUT2D eigenvalue weighted by molar-refractivity contribution is 7.91. The van der Waals surface area contributed by atoms with E-state index in [1.54, 1.807) is 12.1 Å². The monoisotopic (exact) mass is 358 g/mol. The number of piperidine rings is 1. The van der Waals surface area contributed by atoms with Crippen molar-refractivity contribution in [1.29, 1.82) is 0 Å². The third kappa shape index (κ3) is 4.11. The molecule has 2 aliphatic rings. The molecule has 2 atom stereocenters. The molecule has 7 nitrogen and oxygen atoms in total. The van der Waals surface area contributed by atoms with Crippen molar-refractivity contribution in [2.45, 2.75) is 25.3 Å². The van der Waals surface area contributed by atoms with Gasteiger partial charge in [-0.15, -0.1) is 10.2 Å². The summed E-state index contributed by atoms with van der Waals surface area (Å²) in [4.78, 5) is 14.4. The molecule has 3 rings (SSSR count). The number of halogens is 1. The average Bonchev–Trinajstić information content (AvgIpc) is 2.87. The van der Waals surface area contributed by atoms with Crippen LogP contribution in [-0.4, -0.2) is 55.2 Å². The fraction of sp³-hybridized carbons (Fsp3) is 0.643. The number of sulfone groups is 1. The van der Waals surface area contributed by atoms with E-state index in [-0.39, 0.29) is 29.4 Å². The number of carbonyl (C=O) groups excluding carboxylic acids is 1. The molecule has 1 aromatic heterocycles. The van der Waals surface area contributed by atoms with Gasteiger partial charge in [-0.2, -0.15) is 0 Å². The zero-order valence-electron chi connectivity index (χ0n) is 12.6. The van der Waals surface area contributed by atoms with Crippen LogP contribution in [0.2, 0.25) is 5.15 Å². The molecule has 0 spiro atoms. The van der Waals surface area contributed by atoms with Gasteiger partial charge in [0.05, 0.1) is 17.4 Å². The lowest BCUT2D eigenvalue weighted by Crippen LogP contribution is -2.46. The summed E-state index contributed by atoms with van der Waals surface area (Å²) in [5.74, 6) is 0.686. The number of hydrogen-bond acceptors (Lipinski definition) is 6. The minimum absolute atomic E-state index is 0.0534. The van der Waals surface area contributed by atoms with Crippen molar-refractivity contribution in [2.24, 2.45) is 5.92 Å². The Bertz CT molecular complexity index is 680. The average molecular weight is 359 g/mol. The van der Waals surface area contributed by atoms with Crippen LogP contribution >= 0.6 is 11.6 Å². The van der Waals surface area contributed by atoms with E-state index in [4.69, 9.17) is 11.6 Å². The third-order valence-electron chi connectivity index (χ3n) is 4.31. The first kappa shape index (κ1) is 16.4. The molecule has 0 aliphatic carbocycles. The Morgan fingerprint density at radius 1 is 1.30 bits per heavy atom. The fourth-order valence-corrected chi connectivity index (χ4v) is 4.88. The summed E-state index contributed by atoms with van der Waals surface area (Å²) in [6, 6.07) is 3.22. The van der Waals surface area contributed by atoms with Gasteiger partial charge in [-0.25, -0.2) is 8.42 Å². The van der Waals surface area contributed by atoms with Crippen LogP contribution in [0, 0.1) is 5.92 Å². The van der Waals surface area contributed by atoms with Gasteiger partial charge in [-0.3, -0.25) is 4.79 Å². The highest BCUT2D eigenvalue weighted by Crippen LogP contribution is 2.22. The maximum Gasteiger partial charge on any atom is 0.225 e. The predicted octanol–water partition coefficient (Wildman–Crippen LogP) is 0.650. The SMILES string of the molecule is O=C(N[C@H]1CCS(=O)(=O)C1)[C@H]1CCCN(c2ccc(Cl)nn2)C1. The summed E-state index contributed by atoms with van der Waals surface area (Å²) in [5, 5.41) is 11.1. The number of nitrogens with zero attached hydrogens (tertiary/aromatic N) is 3. The standard InChI is InChI=1S/C14H19ClN4O3S/c15-12-3-4-13(18-17-12)19-6-1-2-10(8-19)14(20)16-11-5-7-23(21,22)9-11/h3-4,10-11H,1-2,5-9H2,(H,16,20)/t10-,11-/m0/s1. The molecule has 9 heteroatoms. The van der Waals surface area contributed by atoms with Crippen LogP contribution in [0.15, 0.2) is 12.1 Å². The molecule has 2 aliphatic heterocycles. The second kappa shape index (κ2) is 6.60. The molecule has 23 heavy (non-hydrogen) atoms. The van der Waals surface area contributed by atoms with Crippen molar-refractivity contribution in [3.8, 4) is 0 Å². The van der Waals surface area contributed by atoms with Crippen LogP contribution < -0.4 is 10.2 Å². The quantitative estimate of drug-likeness (QED) is 0.852. The topological polar surface area (TPSA) is 92.3 Å². The van der Waals surface area contributed by atoms with E-state index in [9.17, 15) is 13.2 Å². The summed E-state index contributed by atoms with van der Waals surface area (Å²) in [6.45, 7) is 1.37. The van der Waals surface area contributed by atoms with E-state index in [2.05, 4.69) is 15.5 Å². The van der Waals surface area contributed by atoms with Crippen LogP contribution in [0.1, 0.15) is 19.3 Å². The zero-order chi connectivity index (χ0) is 16.4. The predicted molar refractivity (Wildman–Crippen MR) is 87.2 cm³/mol. The van der Waals surface area contributed by atoms with E-state index >= 15 is 0 Å². The Labute approximate surface area is 140 Å². The smallest absolute Gasteiger partial charge is 0.225 e. The molecular formula is C14H19ClN4O3S. The van der Waals surface area contributed by atoms with Gasteiger partial charge in [0.15, 0.2) is 20.8 Å². The minimum Gasteiger partial charge on any atom is -0.354 e. The van der Waals surface area contributed by atoms with Gasteiger partial charge >= 0.3 is 0 Å². The lowest BCUT2D eigenvalue weighted by Gasteiger charge is -2.33. The molecule has 0 saturated carbocycles. The summed E-state index contributed by atoms with van der Waals surface area (Å²) in [7, 11) is -2.99. The van der Waals surface area contributed by atoms with Crippen LogP contribution in [0.25, 0.3) is 0 Å². The molecule has 2 fully saturated rings. The molecule has 1 aromatic rings. The molecule has 3 heterocycles. The minimum atomic E-state index is -2.99. The van der Waals surface area contributed by atoms with Crippen molar-refractivity contribution >= 4 is 33.2 Å². The second-order valence-electron chi connectivity index (χ2n) is 6.11.